The fraction of sp³-hybridized carbons (Fsp3) is 0.409. The highest BCUT2D eigenvalue weighted by atomic mass is 19.1. The first-order valence-electron chi connectivity index (χ1n) is 10.3. The van der Waals surface area contributed by atoms with Gasteiger partial charge in [0.05, 0.1) is 6.04 Å². The predicted molar refractivity (Wildman–Crippen MR) is 109 cm³/mol. The normalized spacial score (nSPS) is 26.9. The predicted octanol–water partition coefficient (Wildman–Crippen LogP) is 3.73. The molecule has 9 heteroatoms. The summed E-state index contributed by atoms with van der Waals surface area (Å²) in [5, 5.41) is 5.64. The van der Waals surface area contributed by atoms with Gasteiger partial charge in [0.15, 0.2) is 0 Å². The number of anilines is 1. The van der Waals surface area contributed by atoms with Crippen LogP contribution in [0.5, 0.6) is 0 Å². The van der Waals surface area contributed by atoms with E-state index in [-0.39, 0.29) is 11.8 Å². The van der Waals surface area contributed by atoms with E-state index >= 15 is 0 Å². The molecule has 1 aromatic carbocycles. The molecule has 4 atom stereocenters. The number of benzene rings is 1. The molecule has 2 aromatic rings. The van der Waals surface area contributed by atoms with Gasteiger partial charge < -0.3 is 9.74 Å². The molecule has 0 radical (unpaired) electrons. The Kier molecular flexibility index (Phi) is 4.85. The largest absolute Gasteiger partial charge is 0.360 e. The molecular formula is C22H20F2N6O. The lowest BCUT2D eigenvalue weighted by atomic mass is 10.0. The summed E-state index contributed by atoms with van der Waals surface area (Å²) in [6, 6.07) is 4.58. The van der Waals surface area contributed by atoms with Gasteiger partial charge in [0.25, 0.3) is 5.82 Å². The fourth-order valence-electron chi connectivity index (χ4n) is 5.12. The Morgan fingerprint density at radius 2 is 1.77 bits per heavy atom. The van der Waals surface area contributed by atoms with Crippen LogP contribution in [0.25, 0.3) is 4.85 Å². The zero-order chi connectivity index (χ0) is 21.5. The zero-order valence-corrected chi connectivity index (χ0v) is 16.7. The van der Waals surface area contributed by atoms with Crippen LogP contribution in [0.4, 0.5) is 20.4 Å². The molecule has 1 saturated carbocycles. The Morgan fingerprint density at radius 1 is 1.06 bits per heavy atom. The van der Waals surface area contributed by atoms with Gasteiger partial charge in [0.2, 0.25) is 12.2 Å². The SMILES string of the molecule is [C-]#[N+]c1cc(N2C[C@H]3CC(C(=O)N4N=CC[C@@H]4c4cc(F)cc(F)c4)C[C@H]3C2)ncn1. The molecule has 2 aliphatic heterocycles. The van der Waals surface area contributed by atoms with E-state index in [0.717, 1.165) is 37.8 Å². The van der Waals surface area contributed by atoms with E-state index in [4.69, 9.17) is 6.57 Å². The maximum absolute atomic E-state index is 13.7. The average Bonchev–Trinajstić information content (AvgIpc) is 3.47. The van der Waals surface area contributed by atoms with Crippen LogP contribution in [0.1, 0.15) is 30.9 Å². The number of aromatic nitrogens is 2. The van der Waals surface area contributed by atoms with Gasteiger partial charge >= 0.3 is 0 Å². The van der Waals surface area contributed by atoms with Gasteiger partial charge in [0, 0.05) is 43.8 Å². The Hall–Kier alpha value is -3.41. The molecule has 1 aliphatic carbocycles. The molecular weight excluding hydrogens is 402 g/mol. The van der Waals surface area contributed by atoms with E-state index < -0.39 is 17.7 Å². The summed E-state index contributed by atoms with van der Waals surface area (Å²) >= 11 is 0. The van der Waals surface area contributed by atoms with Crippen molar-refractivity contribution in [1.82, 2.24) is 15.0 Å². The topological polar surface area (TPSA) is 66.1 Å². The van der Waals surface area contributed by atoms with Gasteiger partial charge in [-0.25, -0.2) is 13.8 Å². The summed E-state index contributed by atoms with van der Waals surface area (Å²) in [7, 11) is 0. The second kappa shape index (κ2) is 7.69. The highest BCUT2D eigenvalue weighted by molar-refractivity contribution is 5.82. The van der Waals surface area contributed by atoms with Crippen molar-refractivity contribution >= 4 is 23.8 Å². The lowest BCUT2D eigenvalue weighted by molar-refractivity contribution is -0.137. The summed E-state index contributed by atoms with van der Waals surface area (Å²) in [5.41, 5.74) is 0.423. The number of rotatable bonds is 3. The Morgan fingerprint density at radius 3 is 2.45 bits per heavy atom. The molecule has 0 spiro atoms. The number of halogens is 2. The number of hydrogen-bond donors (Lipinski definition) is 0. The highest BCUT2D eigenvalue weighted by Gasteiger charge is 2.46. The summed E-state index contributed by atoms with van der Waals surface area (Å²) in [6.07, 6.45) is 4.98. The number of hydrogen-bond acceptors (Lipinski definition) is 5. The summed E-state index contributed by atoms with van der Waals surface area (Å²) < 4.78 is 27.4. The quantitative estimate of drug-likeness (QED) is 0.707. The second-order valence-corrected chi connectivity index (χ2v) is 8.37. The van der Waals surface area contributed by atoms with Crippen LogP contribution in [-0.4, -0.2) is 40.2 Å². The van der Waals surface area contributed by atoms with Crippen LogP contribution in [0.2, 0.25) is 0 Å². The van der Waals surface area contributed by atoms with Gasteiger partial charge in [-0.15, -0.1) is 4.98 Å². The van der Waals surface area contributed by atoms with Crippen molar-refractivity contribution in [1.29, 1.82) is 0 Å². The van der Waals surface area contributed by atoms with Crippen molar-refractivity contribution in [2.24, 2.45) is 22.9 Å². The third kappa shape index (κ3) is 3.63. The van der Waals surface area contributed by atoms with E-state index in [1.54, 1.807) is 12.3 Å². The first kappa shape index (κ1) is 19.5. The molecule has 1 unspecified atom stereocenters. The van der Waals surface area contributed by atoms with Crippen LogP contribution in [0.3, 0.4) is 0 Å². The minimum absolute atomic E-state index is 0.0818. The first-order chi connectivity index (χ1) is 15.0. The molecule has 158 valence electrons. The number of carbonyl (C=O) groups is 1. The van der Waals surface area contributed by atoms with Crippen LogP contribution < -0.4 is 4.90 Å². The lowest BCUT2D eigenvalue weighted by Crippen LogP contribution is -2.33. The van der Waals surface area contributed by atoms with Crippen molar-refractivity contribution in [2.45, 2.75) is 25.3 Å². The van der Waals surface area contributed by atoms with Crippen molar-refractivity contribution in [3.05, 3.63) is 59.2 Å². The summed E-state index contributed by atoms with van der Waals surface area (Å²) in [4.78, 5) is 26.9. The van der Waals surface area contributed by atoms with Crippen molar-refractivity contribution in [3.8, 4) is 0 Å². The van der Waals surface area contributed by atoms with Crippen LogP contribution in [0, 0.1) is 36.0 Å². The minimum Gasteiger partial charge on any atom is -0.360 e. The third-order valence-corrected chi connectivity index (χ3v) is 6.50. The molecule has 3 aliphatic rings. The van der Waals surface area contributed by atoms with Crippen LogP contribution in [-0.2, 0) is 4.79 Å². The second-order valence-electron chi connectivity index (χ2n) is 8.37. The van der Waals surface area contributed by atoms with Crippen molar-refractivity contribution in [2.75, 3.05) is 18.0 Å². The molecule has 1 saturated heterocycles. The molecule has 0 bridgehead atoms. The molecule has 3 heterocycles. The standard InChI is InChI=1S/C22H20F2N6O/c1-25-20-9-21(27-12-26-20)29-10-15-4-14(5-16(15)11-29)22(31)30-19(2-3-28-30)13-6-17(23)8-18(24)7-13/h3,6-9,12,14-16,19H,2,4-5,10-11H2/t14?,15-,16+,19-/m1/s1. The Labute approximate surface area is 178 Å². The van der Waals surface area contributed by atoms with Gasteiger partial charge in [-0.05, 0) is 42.4 Å². The van der Waals surface area contributed by atoms with Crippen LogP contribution in [0.15, 0.2) is 35.7 Å². The fourth-order valence-corrected chi connectivity index (χ4v) is 5.12. The van der Waals surface area contributed by atoms with E-state index in [9.17, 15) is 13.6 Å². The molecule has 1 amide bonds. The highest BCUT2D eigenvalue weighted by Crippen LogP contribution is 2.44. The number of hydrazone groups is 1. The van der Waals surface area contributed by atoms with Gasteiger partial charge in [0.1, 0.15) is 17.5 Å². The molecule has 31 heavy (non-hydrogen) atoms. The monoisotopic (exact) mass is 422 g/mol. The van der Waals surface area contributed by atoms with Crippen LogP contribution >= 0.6 is 0 Å². The number of carbonyl (C=O) groups excluding carboxylic acids is 1. The van der Waals surface area contributed by atoms with E-state index in [1.807, 2.05) is 0 Å². The Balaban J connectivity index is 1.26. The van der Waals surface area contributed by atoms with Gasteiger partial charge in [-0.3, -0.25) is 4.79 Å². The smallest absolute Gasteiger partial charge is 0.274 e. The maximum atomic E-state index is 13.7. The number of nitrogens with zero attached hydrogens (tertiary/aromatic N) is 6. The van der Waals surface area contributed by atoms with E-state index in [0.29, 0.717) is 29.6 Å². The Bertz CT molecular complexity index is 1070. The van der Waals surface area contributed by atoms with Gasteiger partial charge in [-0.2, -0.15) is 10.1 Å². The molecule has 7 nitrogen and oxygen atoms in total. The molecule has 5 rings (SSSR count). The zero-order valence-electron chi connectivity index (χ0n) is 16.7. The third-order valence-electron chi connectivity index (χ3n) is 6.50. The van der Waals surface area contributed by atoms with Crippen molar-refractivity contribution < 1.29 is 13.6 Å². The molecule has 0 N–H and O–H groups in total. The number of amides is 1. The molecule has 2 fully saturated rings. The van der Waals surface area contributed by atoms with E-state index in [1.165, 1.54) is 23.5 Å². The maximum Gasteiger partial charge on any atom is 0.274 e. The average molecular weight is 422 g/mol. The van der Waals surface area contributed by atoms with Crippen molar-refractivity contribution in [3.63, 3.8) is 0 Å². The van der Waals surface area contributed by atoms with E-state index in [2.05, 4.69) is 24.8 Å². The number of fused-ring (bicyclic) bond motifs is 1. The lowest BCUT2D eigenvalue weighted by Gasteiger charge is -2.26. The summed E-state index contributed by atoms with van der Waals surface area (Å²) in [6.45, 7) is 8.68. The summed E-state index contributed by atoms with van der Waals surface area (Å²) in [5.74, 6) is 0.234. The molecule has 1 aromatic heterocycles. The van der Waals surface area contributed by atoms with Gasteiger partial charge in [-0.1, -0.05) is 6.57 Å². The first-order valence-corrected chi connectivity index (χ1v) is 10.3. The minimum atomic E-state index is -0.657.